The molecule has 0 radical (unpaired) electrons. The van der Waals surface area contributed by atoms with Gasteiger partial charge in [0, 0.05) is 24.8 Å². The van der Waals surface area contributed by atoms with Gasteiger partial charge in [-0.3, -0.25) is 19.5 Å². The number of hydrogen-bond acceptors (Lipinski definition) is 6. The first-order valence-electron chi connectivity index (χ1n) is 10.0. The number of para-hydroxylation sites is 1. The average molecular weight is 434 g/mol. The van der Waals surface area contributed by atoms with Crippen LogP contribution in [0.25, 0.3) is 11.4 Å². The van der Waals surface area contributed by atoms with Crippen LogP contribution < -0.4 is 16.0 Å². The maximum Gasteiger partial charge on any atom is 0.254 e. The van der Waals surface area contributed by atoms with E-state index in [0.717, 1.165) is 5.56 Å². The van der Waals surface area contributed by atoms with Crippen LogP contribution >= 0.6 is 0 Å². The van der Waals surface area contributed by atoms with Crippen LogP contribution in [0.1, 0.15) is 29.0 Å². The first-order chi connectivity index (χ1) is 15.5. The number of benzene rings is 2. The third kappa shape index (κ3) is 4.81. The highest BCUT2D eigenvalue weighted by atomic mass is 16.5. The van der Waals surface area contributed by atoms with Crippen LogP contribution in [0.15, 0.2) is 48.5 Å². The molecule has 4 N–H and O–H groups in total. The number of carbonyl (C=O) groups excluding carboxylic acids is 3. The van der Waals surface area contributed by atoms with Crippen LogP contribution in [-0.2, 0) is 20.9 Å². The molecule has 0 fully saturated rings. The Labute approximate surface area is 183 Å². The number of methoxy groups -OCH3 is 1. The second-order valence-electron chi connectivity index (χ2n) is 7.26. The molecule has 0 spiro atoms. The van der Waals surface area contributed by atoms with E-state index in [2.05, 4.69) is 31.1 Å². The molecule has 2 aromatic carbocycles. The van der Waals surface area contributed by atoms with Crippen molar-refractivity contribution in [2.45, 2.75) is 25.5 Å². The van der Waals surface area contributed by atoms with Crippen molar-refractivity contribution in [1.82, 2.24) is 20.5 Å². The Balaban J connectivity index is 1.32. The second kappa shape index (κ2) is 9.40. The van der Waals surface area contributed by atoms with E-state index < -0.39 is 6.04 Å². The fourth-order valence-corrected chi connectivity index (χ4v) is 3.34. The minimum atomic E-state index is -0.796. The molecule has 0 saturated carbocycles. The SMILES string of the molecule is COCc1nc(-c2ccc(NC(=O)CC[C@@H]3NC(=O)c4ccccc4NC3=O)cc2)n[nH]1. The summed E-state index contributed by atoms with van der Waals surface area (Å²) >= 11 is 0. The highest BCUT2D eigenvalue weighted by molar-refractivity contribution is 6.10. The molecular formula is C22H22N6O4. The number of nitrogens with one attached hydrogen (secondary N) is 4. The number of amides is 3. The monoisotopic (exact) mass is 434 g/mol. The van der Waals surface area contributed by atoms with E-state index in [1.807, 2.05) is 0 Å². The fourth-order valence-electron chi connectivity index (χ4n) is 3.34. The summed E-state index contributed by atoms with van der Waals surface area (Å²) in [7, 11) is 1.58. The van der Waals surface area contributed by atoms with E-state index in [1.54, 1.807) is 55.6 Å². The number of fused-ring (bicyclic) bond motifs is 1. The van der Waals surface area contributed by atoms with Crippen molar-refractivity contribution < 1.29 is 19.1 Å². The molecule has 0 aliphatic carbocycles. The summed E-state index contributed by atoms with van der Waals surface area (Å²) in [6.07, 6.45) is 0.243. The third-order valence-corrected chi connectivity index (χ3v) is 4.95. The molecule has 32 heavy (non-hydrogen) atoms. The number of nitrogens with zero attached hydrogens (tertiary/aromatic N) is 2. The quantitative estimate of drug-likeness (QED) is 0.449. The summed E-state index contributed by atoms with van der Waals surface area (Å²) in [6, 6.07) is 13.1. The first kappa shape index (κ1) is 21.2. The van der Waals surface area contributed by atoms with Crippen molar-refractivity contribution in [3.05, 3.63) is 59.9 Å². The maximum absolute atomic E-state index is 12.4. The van der Waals surface area contributed by atoms with Crippen LogP contribution in [-0.4, -0.2) is 46.1 Å². The summed E-state index contributed by atoms with van der Waals surface area (Å²) in [5.74, 6) is 0.200. The first-order valence-corrected chi connectivity index (χ1v) is 10.0. The number of aromatic amines is 1. The normalized spacial score (nSPS) is 15.3. The van der Waals surface area contributed by atoms with Crippen molar-refractivity contribution in [2.24, 2.45) is 0 Å². The molecule has 0 saturated heterocycles. The number of H-pyrrole nitrogens is 1. The Bertz CT molecular complexity index is 1140. The number of rotatable bonds is 7. The van der Waals surface area contributed by atoms with Crippen molar-refractivity contribution in [2.75, 3.05) is 17.7 Å². The Morgan fingerprint density at radius 1 is 1.12 bits per heavy atom. The molecule has 10 nitrogen and oxygen atoms in total. The van der Waals surface area contributed by atoms with E-state index in [1.165, 1.54) is 0 Å². The predicted octanol–water partition coefficient (Wildman–Crippen LogP) is 2.09. The molecule has 4 rings (SSSR count). The van der Waals surface area contributed by atoms with Gasteiger partial charge >= 0.3 is 0 Å². The van der Waals surface area contributed by atoms with Crippen LogP contribution in [0.5, 0.6) is 0 Å². The van der Waals surface area contributed by atoms with Crippen molar-refractivity contribution in [3.63, 3.8) is 0 Å². The molecule has 1 aliphatic heterocycles. The van der Waals surface area contributed by atoms with E-state index in [9.17, 15) is 14.4 Å². The lowest BCUT2D eigenvalue weighted by Crippen LogP contribution is -2.41. The summed E-state index contributed by atoms with van der Waals surface area (Å²) in [5.41, 5.74) is 2.25. The highest BCUT2D eigenvalue weighted by Gasteiger charge is 2.27. The second-order valence-corrected chi connectivity index (χ2v) is 7.26. The minimum absolute atomic E-state index is 0.0672. The van der Waals surface area contributed by atoms with E-state index in [4.69, 9.17) is 4.74 Å². The molecule has 10 heteroatoms. The van der Waals surface area contributed by atoms with Gasteiger partial charge in [0.15, 0.2) is 11.6 Å². The molecule has 1 atom stereocenters. The molecule has 1 aliphatic rings. The lowest BCUT2D eigenvalue weighted by Gasteiger charge is -2.14. The lowest BCUT2D eigenvalue weighted by atomic mass is 10.1. The van der Waals surface area contributed by atoms with Crippen LogP contribution in [0, 0.1) is 0 Å². The number of aromatic nitrogens is 3. The van der Waals surface area contributed by atoms with Gasteiger partial charge < -0.3 is 20.7 Å². The Morgan fingerprint density at radius 2 is 1.91 bits per heavy atom. The summed E-state index contributed by atoms with van der Waals surface area (Å²) in [6.45, 7) is 0.340. The van der Waals surface area contributed by atoms with E-state index in [-0.39, 0.29) is 30.6 Å². The van der Waals surface area contributed by atoms with Gasteiger partial charge in [0.1, 0.15) is 12.6 Å². The molecule has 0 unspecified atom stereocenters. The lowest BCUT2D eigenvalue weighted by molar-refractivity contribution is -0.118. The van der Waals surface area contributed by atoms with Gasteiger partial charge in [0.05, 0.1) is 11.3 Å². The molecule has 0 bridgehead atoms. The van der Waals surface area contributed by atoms with Crippen molar-refractivity contribution >= 4 is 29.1 Å². The summed E-state index contributed by atoms with van der Waals surface area (Å²) < 4.78 is 5.01. The standard InChI is InChI=1S/C22H22N6O4/c1-32-12-18-26-20(28-27-18)13-6-8-14(9-7-13)23-19(29)11-10-17-22(31)24-16-5-3-2-4-15(16)21(30)25-17/h2-9,17H,10-12H2,1H3,(H,23,29)(H,24,31)(H,25,30)(H,26,27,28)/t17-/m0/s1. The van der Waals surface area contributed by atoms with Gasteiger partial charge in [-0.05, 0) is 42.8 Å². The number of ether oxygens (including phenoxy) is 1. The van der Waals surface area contributed by atoms with Gasteiger partial charge in [-0.2, -0.15) is 5.10 Å². The average Bonchev–Trinajstić information content (AvgIpc) is 3.21. The topological polar surface area (TPSA) is 138 Å². The molecule has 3 aromatic rings. The summed E-state index contributed by atoms with van der Waals surface area (Å²) in [4.78, 5) is 41.5. The van der Waals surface area contributed by atoms with Crippen LogP contribution in [0.3, 0.4) is 0 Å². The van der Waals surface area contributed by atoms with Gasteiger partial charge in [0.25, 0.3) is 5.91 Å². The minimum Gasteiger partial charge on any atom is -0.377 e. The van der Waals surface area contributed by atoms with Crippen molar-refractivity contribution in [1.29, 1.82) is 0 Å². The zero-order valence-corrected chi connectivity index (χ0v) is 17.3. The molecular weight excluding hydrogens is 412 g/mol. The number of carbonyl (C=O) groups is 3. The number of hydrogen-bond donors (Lipinski definition) is 4. The molecule has 3 amide bonds. The van der Waals surface area contributed by atoms with Crippen LogP contribution in [0.4, 0.5) is 11.4 Å². The number of anilines is 2. The van der Waals surface area contributed by atoms with Gasteiger partial charge in [0.2, 0.25) is 11.8 Å². The smallest absolute Gasteiger partial charge is 0.254 e. The predicted molar refractivity (Wildman–Crippen MR) is 117 cm³/mol. The van der Waals surface area contributed by atoms with Crippen LogP contribution in [0.2, 0.25) is 0 Å². The highest BCUT2D eigenvalue weighted by Crippen LogP contribution is 2.20. The van der Waals surface area contributed by atoms with Crippen molar-refractivity contribution in [3.8, 4) is 11.4 Å². The van der Waals surface area contributed by atoms with Gasteiger partial charge in [-0.1, -0.05) is 12.1 Å². The third-order valence-electron chi connectivity index (χ3n) is 4.95. The Morgan fingerprint density at radius 3 is 2.69 bits per heavy atom. The Hall–Kier alpha value is -4.05. The fraction of sp³-hybridized carbons (Fsp3) is 0.227. The van der Waals surface area contributed by atoms with Gasteiger partial charge in [-0.25, -0.2) is 4.98 Å². The zero-order chi connectivity index (χ0) is 22.5. The molecule has 2 heterocycles. The van der Waals surface area contributed by atoms with E-state index in [0.29, 0.717) is 35.2 Å². The van der Waals surface area contributed by atoms with Gasteiger partial charge in [-0.15, -0.1) is 0 Å². The largest absolute Gasteiger partial charge is 0.377 e. The summed E-state index contributed by atoms with van der Waals surface area (Å²) in [5, 5.41) is 15.1. The molecule has 164 valence electrons. The Kier molecular flexibility index (Phi) is 6.22. The molecule has 1 aromatic heterocycles. The van der Waals surface area contributed by atoms with E-state index >= 15 is 0 Å². The maximum atomic E-state index is 12.4. The zero-order valence-electron chi connectivity index (χ0n) is 17.3.